The molecule has 3 aromatic rings. The molecule has 0 radical (unpaired) electrons. The highest BCUT2D eigenvalue weighted by molar-refractivity contribution is 7.92. The van der Waals surface area contributed by atoms with E-state index in [1.165, 1.54) is 35.0 Å². The van der Waals surface area contributed by atoms with Crippen LogP contribution in [0.3, 0.4) is 0 Å². The van der Waals surface area contributed by atoms with E-state index in [9.17, 15) is 26.9 Å². The zero-order chi connectivity index (χ0) is 19.1. The van der Waals surface area contributed by atoms with Gasteiger partial charge >= 0.3 is 6.18 Å². The predicted molar refractivity (Wildman–Crippen MR) is 89.3 cm³/mol. The van der Waals surface area contributed by atoms with E-state index < -0.39 is 21.8 Å². The molecule has 0 bridgehead atoms. The van der Waals surface area contributed by atoms with E-state index in [1.807, 2.05) is 6.07 Å². The lowest BCUT2D eigenvalue weighted by Crippen LogP contribution is -2.09. The number of sulfonamides is 1. The summed E-state index contributed by atoms with van der Waals surface area (Å²) >= 11 is 0. The van der Waals surface area contributed by atoms with Crippen LogP contribution in [-0.4, -0.2) is 24.5 Å². The van der Waals surface area contributed by atoms with Crippen molar-refractivity contribution in [2.75, 3.05) is 11.0 Å². The van der Waals surface area contributed by atoms with E-state index in [0.29, 0.717) is 16.6 Å². The summed E-state index contributed by atoms with van der Waals surface area (Å²) in [6.07, 6.45) is -3.46. The van der Waals surface area contributed by atoms with Crippen molar-refractivity contribution in [3.63, 3.8) is 0 Å². The molecule has 10 heteroatoms. The van der Waals surface area contributed by atoms with Crippen LogP contribution in [0.5, 0.6) is 0 Å². The molecule has 3 rings (SSSR count). The molecular formula is C16H11F3N4O2S. The summed E-state index contributed by atoms with van der Waals surface area (Å²) in [7, 11) is -3.50. The fourth-order valence-corrected chi connectivity index (χ4v) is 3.02. The van der Waals surface area contributed by atoms with Crippen molar-refractivity contribution < 1.29 is 21.6 Å². The zero-order valence-corrected chi connectivity index (χ0v) is 14.1. The Balaban J connectivity index is 2.11. The number of nitriles is 1. The quantitative estimate of drug-likeness (QED) is 0.755. The first kappa shape index (κ1) is 17.8. The number of anilines is 1. The van der Waals surface area contributed by atoms with Crippen molar-refractivity contribution in [1.29, 1.82) is 5.26 Å². The summed E-state index contributed by atoms with van der Waals surface area (Å²) in [6.45, 7) is 0. The maximum absolute atomic E-state index is 12.7. The molecule has 0 aliphatic rings. The number of hydrogen-bond donors (Lipinski definition) is 1. The molecule has 2 aromatic carbocycles. The minimum Gasteiger partial charge on any atom is -0.284 e. The van der Waals surface area contributed by atoms with Crippen molar-refractivity contribution in [1.82, 2.24) is 9.78 Å². The number of rotatable bonds is 3. The number of fused-ring (bicyclic) bond motifs is 1. The van der Waals surface area contributed by atoms with Crippen LogP contribution in [0.15, 0.2) is 42.5 Å². The Hall–Kier alpha value is -3.06. The number of aromatic nitrogens is 2. The van der Waals surface area contributed by atoms with E-state index in [1.54, 1.807) is 0 Å². The largest absolute Gasteiger partial charge is 0.416 e. The second kappa shape index (κ2) is 6.03. The van der Waals surface area contributed by atoms with Gasteiger partial charge in [-0.15, -0.1) is 0 Å². The smallest absolute Gasteiger partial charge is 0.284 e. The molecule has 0 amide bonds. The van der Waals surface area contributed by atoms with E-state index in [4.69, 9.17) is 0 Å². The highest BCUT2D eigenvalue weighted by Crippen LogP contribution is 2.31. The van der Waals surface area contributed by atoms with Crippen molar-refractivity contribution in [3.8, 4) is 11.8 Å². The fourth-order valence-electron chi connectivity index (χ4n) is 2.47. The van der Waals surface area contributed by atoms with Gasteiger partial charge in [-0.25, -0.2) is 13.1 Å². The molecule has 1 heterocycles. The SMILES string of the molecule is CS(=O)(=O)Nc1ccc2c(c1)c(C#N)nn2-c1ccc(C(F)(F)F)cc1. The molecule has 0 saturated heterocycles. The molecule has 0 spiro atoms. The van der Waals surface area contributed by atoms with Gasteiger partial charge in [0.1, 0.15) is 6.07 Å². The van der Waals surface area contributed by atoms with Crippen LogP contribution >= 0.6 is 0 Å². The van der Waals surface area contributed by atoms with Crippen LogP contribution in [0, 0.1) is 11.3 Å². The van der Waals surface area contributed by atoms with Crippen molar-refractivity contribution in [2.24, 2.45) is 0 Å². The van der Waals surface area contributed by atoms with E-state index in [2.05, 4.69) is 9.82 Å². The van der Waals surface area contributed by atoms with Gasteiger partial charge in [-0.1, -0.05) is 0 Å². The van der Waals surface area contributed by atoms with Crippen molar-refractivity contribution >= 4 is 26.6 Å². The molecule has 134 valence electrons. The zero-order valence-electron chi connectivity index (χ0n) is 13.2. The Morgan fingerprint density at radius 3 is 2.35 bits per heavy atom. The number of hydrogen-bond acceptors (Lipinski definition) is 4. The lowest BCUT2D eigenvalue weighted by Gasteiger charge is -2.08. The average molecular weight is 380 g/mol. The third kappa shape index (κ3) is 3.48. The summed E-state index contributed by atoms with van der Waals surface area (Å²) in [6, 6.07) is 10.7. The van der Waals surface area contributed by atoms with E-state index >= 15 is 0 Å². The van der Waals surface area contributed by atoms with Crippen LogP contribution in [-0.2, 0) is 16.2 Å². The molecular weight excluding hydrogens is 369 g/mol. The Bertz CT molecular complexity index is 1130. The normalized spacial score (nSPS) is 12.1. The molecule has 6 nitrogen and oxygen atoms in total. The Morgan fingerprint density at radius 1 is 1.15 bits per heavy atom. The summed E-state index contributed by atoms with van der Waals surface area (Å²) in [5, 5.41) is 13.7. The van der Waals surface area contributed by atoms with Crippen LogP contribution in [0.1, 0.15) is 11.3 Å². The third-order valence-electron chi connectivity index (χ3n) is 3.53. The summed E-state index contributed by atoms with van der Waals surface area (Å²) < 4.78 is 64.4. The molecule has 0 aliphatic carbocycles. The van der Waals surface area contributed by atoms with Gasteiger partial charge in [-0.3, -0.25) is 4.72 Å². The Kier molecular flexibility index (Phi) is 4.12. The van der Waals surface area contributed by atoms with Gasteiger partial charge in [-0.2, -0.15) is 23.5 Å². The lowest BCUT2D eigenvalue weighted by atomic mass is 10.2. The van der Waals surface area contributed by atoms with Crippen molar-refractivity contribution in [2.45, 2.75) is 6.18 Å². The highest BCUT2D eigenvalue weighted by Gasteiger charge is 2.30. The molecule has 1 aromatic heterocycles. The average Bonchev–Trinajstić information content (AvgIpc) is 2.90. The van der Waals surface area contributed by atoms with Crippen molar-refractivity contribution in [3.05, 3.63) is 53.7 Å². The fraction of sp³-hybridized carbons (Fsp3) is 0.125. The molecule has 0 saturated carbocycles. The first-order valence-corrected chi connectivity index (χ1v) is 9.06. The number of nitrogens with zero attached hydrogens (tertiary/aromatic N) is 3. The van der Waals surface area contributed by atoms with E-state index in [0.717, 1.165) is 18.4 Å². The second-order valence-electron chi connectivity index (χ2n) is 5.52. The molecule has 0 atom stereocenters. The van der Waals surface area contributed by atoms with Crippen LogP contribution in [0.25, 0.3) is 16.6 Å². The minimum absolute atomic E-state index is 0.0250. The van der Waals surface area contributed by atoms with Gasteiger partial charge in [0.15, 0.2) is 5.69 Å². The number of halogens is 3. The highest BCUT2D eigenvalue weighted by atomic mass is 32.2. The minimum atomic E-state index is -4.45. The predicted octanol–water partition coefficient (Wildman–Crippen LogP) is 3.29. The Morgan fingerprint density at radius 2 is 1.81 bits per heavy atom. The van der Waals surface area contributed by atoms with Gasteiger partial charge in [0.2, 0.25) is 10.0 Å². The van der Waals surface area contributed by atoms with Gasteiger partial charge in [0.25, 0.3) is 0 Å². The van der Waals surface area contributed by atoms with Crippen LogP contribution in [0.2, 0.25) is 0 Å². The van der Waals surface area contributed by atoms with Gasteiger partial charge in [0, 0.05) is 11.1 Å². The molecule has 0 aliphatic heterocycles. The number of benzene rings is 2. The monoisotopic (exact) mass is 380 g/mol. The molecule has 1 N–H and O–H groups in total. The van der Waals surface area contributed by atoms with Crippen LogP contribution < -0.4 is 4.72 Å². The molecule has 0 unspecified atom stereocenters. The lowest BCUT2D eigenvalue weighted by molar-refractivity contribution is -0.137. The maximum Gasteiger partial charge on any atom is 0.416 e. The van der Waals surface area contributed by atoms with Gasteiger partial charge in [-0.05, 0) is 42.5 Å². The summed E-state index contributed by atoms with van der Waals surface area (Å²) in [4.78, 5) is 0. The molecule has 26 heavy (non-hydrogen) atoms. The topological polar surface area (TPSA) is 87.8 Å². The second-order valence-corrected chi connectivity index (χ2v) is 7.27. The third-order valence-corrected chi connectivity index (χ3v) is 4.13. The summed E-state index contributed by atoms with van der Waals surface area (Å²) in [5.74, 6) is 0. The molecule has 0 fully saturated rings. The summed E-state index contributed by atoms with van der Waals surface area (Å²) in [5.41, 5.74) is 0.284. The first-order valence-electron chi connectivity index (χ1n) is 7.17. The maximum atomic E-state index is 12.7. The number of nitrogens with one attached hydrogen (secondary N) is 1. The van der Waals surface area contributed by atoms with Crippen LogP contribution in [0.4, 0.5) is 18.9 Å². The standard InChI is InChI=1S/C16H11F3N4O2S/c1-26(24,25)22-11-4-7-15-13(8-11)14(9-20)21-23(15)12-5-2-10(3-6-12)16(17,18)19/h2-8,22H,1H3. The van der Waals surface area contributed by atoms with E-state index in [-0.39, 0.29) is 11.4 Å². The Labute approximate surface area is 146 Å². The van der Waals surface area contributed by atoms with Gasteiger partial charge < -0.3 is 0 Å². The number of alkyl halides is 3. The first-order chi connectivity index (χ1) is 12.1. The van der Waals surface area contributed by atoms with Gasteiger partial charge in [0.05, 0.1) is 23.0 Å².